The Bertz CT molecular complexity index is 1200. The van der Waals surface area contributed by atoms with Gasteiger partial charge in [-0.25, -0.2) is 0 Å². The van der Waals surface area contributed by atoms with Gasteiger partial charge in [-0.1, -0.05) is 59.8 Å². The summed E-state index contributed by atoms with van der Waals surface area (Å²) < 4.78 is 0. The molecule has 0 N–H and O–H groups in total. The number of rotatable bonds is 6. The quantitative estimate of drug-likeness (QED) is 0.381. The number of anilines is 1. The predicted octanol–water partition coefficient (Wildman–Crippen LogP) is 6.50. The number of para-hydroxylation sites is 1. The van der Waals surface area contributed by atoms with Crippen molar-refractivity contribution in [3.8, 4) is 0 Å². The Kier molecular flexibility index (Phi) is 7.21. The first-order valence-electron chi connectivity index (χ1n) is 10.9. The fourth-order valence-corrected chi connectivity index (χ4v) is 5.08. The Labute approximate surface area is 203 Å². The normalized spacial score (nSPS) is 14.3. The van der Waals surface area contributed by atoms with E-state index < -0.39 is 0 Å². The summed E-state index contributed by atoms with van der Waals surface area (Å²) in [7, 11) is 0. The number of halogens is 1. The van der Waals surface area contributed by atoms with Gasteiger partial charge in [-0.3, -0.25) is 9.59 Å². The summed E-state index contributed by atoms with van der Waals surface area (Å²) in [5, 5.41) is 0.648. The highest BCUT2D eigenvalue weighted by atomic mass is 35.5. The molecule has 1 aliphatic rings. The second kappa shape index (κ2) is 10.3. The smallest absolute Gasteiger partial charge is 0.265 e. The summed E-state index contributed by atoms with van der Waals surface area (Å²) in [6, 6.07) is 22.9. The number of hydrogen-bond acceptors (Lipinski definition) is 3. The van der Waals surface area contributed by atoms with E-state index in [1.807, 2.05) is 92.7 Å². The number of hydrogen-bond donors (Lipinski definition) is 0. The summed E-state index contributed by atoms with van der Waals surface area (Å²) in [6.45, 7) is 5.73. The fraction of sp³-hybridized carbons (Fsp3) is 0.185. The van der Waals surface area contributed by atoms with Crippen LogP contribution in [0, 0.1) is 0 Å². The molecule has 0 saturated heterocycles. The number of amides is 2. The first kappa shape index (κ1) is 23.1. The number of thioether (sulfide) groups is 1. The van der Waals surface area contributed by atoms with E-state index in [-0.39, 0.29) is 11.8 Å². The van der Waals surface area contributed by atoms with Crippen LogP contribution in [0.4, 0.5) is 5.69 Å². The molecule has 1 aliphatic heterocycles. The molecule has 168 valence electrons. The van der Waals surface area contributed by atoms with Gasteiger partial charge in [-0.2, -0.15) is 0 Å². The van der Waals surface area contributed by atoms with Crippen molar-refractivity contribution in [2.24, 2.45) is 0 Å². The van der Waals surface area contributed by atoms with E-state index in [4.69, 9.17) is 11.6 Å². The zero-order valence-electron chi connectivity index (χ0n) is 18.6. The molecule has 0 radical (unpaired) electrons. The van der Waals surface area contributed by atoms with Crippen LogP contribution in [0.2, 0.25) is 5.02 Å². The molecule has 3 aromatic carbocycles. The molecule has 0 fully saturated rings. The van der Waals surface area contributed by atoms with Crippen molar-refractivity contribution in [3.05, 3.63) is 99.4 Å². The van der Waals surface area contributed by atoms with Crippen molar-refractivity contribution in [2.75, 3.05) is 18.0 Å². The second-order valence-electron chi connectivity index (χ2n) is 7.70. The largest absolute Gasteiger partial charge is 0.339 e. The predicted molar refractivity (Wildman–Crippen MR) is 137 cm³/mol. The molecular formula is C27H25ClN2O2S. The van der Waals surface area contributed by atoms with Crippen LogP contribution in [0.15, 0.2) is 82.6 Å². The lowest BCUT2D eigenvalue weighted by atomic mass is 10.1. The highest BCUT2D eigenvalue weighted by Gasteiger charge is 2.29. The zero-order valence-corrected chi connectivity index (χ0v) is 20.2. The second-order valence-corrected chi connectivity index (χ2v) is 9.22. The minimum atomic E-state index is -0.0537. The third kappa shape index (κ3) is 5.15. The van der Waals surface area contributed by atoms with Crippen LogP contribution in [0.5, 0.6) is 0 Å². The van der Waals surface area contributed by atoms with Gasteiger partial charge in [0.25, 0.3) is 11.8 Å². The third-order valence-electron chi connectivity index (χ3n) is 5.57. The van der Waals surface area contributed by atoms with Gasteiger partial charge < -0.3 is 9.80 Å². The Hall–Kier alpha value is -3.02. The van der Waals surface area contributed by atoms with Crippen LogP contribution in [0.25, 0.3) is 6.08 Å². The van der Waals surface area contributed by atoms with E-state index in [2.05, 4.69) is 0 Å². The molecule has 3 aromatic rings. The van der Waals surface area contributed by atoms with E-state index in [9.17, 15) is 9.59 Å². The third-order valence-corrected chi connectivity index (χ3v) is 6.88. The molecule has 4 nitrogen and oxygen atoms in total. The number of fused-ring (bicyclic) bond motifs is 1. The van der Waals surface area contributed by atoms with Gasteiger partial charge in [0.1, 0.15) is 0 Å². The average molecular weight is 477 g/mol. The van der Waals surface area contributed by atoms with Crippen LogP contribution in [0.3, 0.4) is 0 Å². The van der Waals surface area contributed by atoms with Gasteiger partial charge in [0.2, 0.25) is 0 Å². The van der Waals surface area contributed by atoms with E-state index >= 15 is 0 Å². The van der Waals surface area contributed by atoms with Gasteiger partial charge in [0.05, 0.1) is 17.1 Å². The van der Waals surface area contributed by atoms with Gasteiger partial charge >= 0.3 is 0 Å². The number of nitrogens with zero attached hydrogens (tertiary/aromatic N) is 2. The monoisotopic (exact) mass is 476 g/mol. The van der Waals surface area contributed by atoms with Gasteiger partial charge in [-0.05, 0) is 67.4 Å². The molecule has 33 heavy (non-hydrogen) atoms. The maximum Gasteiger partial charge on any atom is 0.265 e. The van der Waals surface area contributed by atoms with E-state index in [0.29, 0.717) is 35.1 Å². The van der Waals surface area contributed by atoms with Crippen molar-refractivity contribution in [1.29, 1.82) is 0 Å². The lowest BCUT2D eigenvalue weighted by molar-refractivity contribution is -0.114. The van der Waals surface area contributed by atoms with Gasteiger partial charge in [0, 0.05) is 28.6 Å². The highest BCUT2D eigenvalue weighted by Crippen LogP contribution is 2.42. The van der Waals surface area contributed by atoms with Gasteiger partial charge in [-0.15, -0.1) is 0 Å². The lowest BCUT2D eigenvalue weighted by Gasteiger charge is -2.30. The Balaban J connectivity index is 1.63. The molecule has 6 heteroatoms. The molecule has 0 atom stereocenters. The van der Waals surface area contributed by atoms with Crippen molar-refractivity contribution in [2.45, 2.75) is 25.3 Å². The van der Waals surface area contributed by atoms with Crippen LogP contribution in [-0.2, 0) is 11.3 Å². The summed E-state index contributed by atoms with van der Waals surface area (Å²) in [6.07, 6.45) is 1.89. The van der Waals surface area contributed by atoms with Crippen molar-refractivity contribution in [3.63, 3.8) is 0 Å². The topological polar surface area (TPSA) is 40.6 Å². The minimum absolute atomic E-state index is 0.0175. The van der Waals surface area contributed by atoms with Crippen molar-refractivity contribution >= 4 is 46.9 Å². The average Bonchev–Trinajstić information content (AvgIpc) is 2.83. The molecule has 0 unspecified atom stereocenters. The minimum Gasteiger partial charge on any atom is -0.339 e. The van der Waals surface area contributed by atoms with Crippen LogP contribution in [-0.4, -0.2) is 29.8 Å². The molecule has 0 spiro atoms. The molecule has 1 heterocycles. The first-order valence-corrected chi connectivity index (χ1v) is 12.1. The van der Waals surface area contributed by atoms with Crippen molar-refractivity contribution < 1.29 is 9.59 Å². The molecule has 0 bridgehead atoms. The molecule has 0 aromatic heterocycles. The summed E-state index contributed by atoms with van der Waals surface area (Å²) in [5.41, 5.74) is 3.39. The van der Waals surface area contributed by atoms with E-state index in [1.165, 1.54) is 11.8 Å². The Morgan fingerprint density at radius 3 is 2.42 bits per heavy atom. The Morgan fingerprint density at radius 2 is 1.73 bits per heavy atom. The van der Waals surface area contributed by atoms with E-state index in [1.54, 1.807) is 9.80 Å². The van der Waals surface area contributed by atoms with Crippen molar-refractivity contribution in [1.82, 2.24) is 4.90 Å². The maximum atomic E-state index is 13.5. The summed E-state index contributed by atoms with van der Waals surface area (Å²) >= 11 is 7.63. The standard InChI is InChI=1S/C27H25ClN2O2S/c1-3-29(4-2)26(31)21-14-12-19(13-15-21)17-25-27(32)30(18-20-8-7-9-22(28)16-20)23-10-5-6-11-24(23)33-25/h5-17H,3-4,18H2,1-2H3/b25-17+. The first-order chi connectivity index (χ1) is 16.0. The Morgan fingerprint density at radius 1 is 1.00 bits per heavy atom. The summed E-state index contributed by atoms with van der Waals surface area (Å²) in [4.78, 5) is 31.3. The number of carbonyl (C=O) groups excluding carboxylic acids is 2. The molecule has 0 aliphatic carbocycles. The zero-order chi connectivity index (χ0) is 23.4. The maximum absolute atomic E-state index is 13.5. The molecule has 4 rings (SSSR count). The van der Waals surface area contributed by atoms with Crippen LogP contribution >= 0.6 is 23.4 Å². The molecule has 2 amide bonds. The summed E-state index contributed by atoms with van der Waals surface area (Å²) in [5.74, 6) is -0.0362. The fourth-order valence-electron chi connectivity index (χ4n) is 3.80. The molecular weight excluding hydrogens is 452 g/mol. The van der Waals surface area contributed by atoms with E-state index in [0.717, 1.165) is 21.7 Å². The lowest BCUT2D eigenvalue weighted by Crippen LogP contribution is -2.33. The molecule has 0 saturated carbocycles. The van der Waals surface area contributed by atoms with Gasteiger partial charge in [0.15, 0.2) is 0 Å². The number of carbonyl (C=O) groups is 2. The SMILES string of the molecule is CCN(CC)C(=O)c1ccc(/C=C2/Sc3ccccc3N(Cc3cccc(Cl)c3)C2=O)cc1. The van der Waals surface area contributed by atoms with Crippen LogP contribution < -0.4 is 4.90 Å². The number of benzene rings is 3. The van der Waals surface area contributed by atoms with Crippen LogP contribution in [0.1, 0.15) is 35.3 Å². The highest BCUT2D eigenvalue weighted by molar-refractivity contribution is 8.04.